The standard InChI is InChI=1S/C25H27ClFNO5S/c1-17-12-22(6-8-24(17)26)32-15-21(29)13-28(20-10-11-34(30,31)16-20)14-23-7-9-25(33-23)18-2-4-19(27)5-3-18/h2-9,12,20-21,29H,10-11,13-16H2,1H3. The molecule has 2 heterocycles. The lowest BCUT2D eigenvalue weighted by Gasteiger charge is -2.29. The molecule has 182 valence electrons. The molecule has 1 aromatic heterocycles. The Kier molecular flexibility index (Phi) is 7.62. The van der Waals surface area contributed by atoms with E-state index in [4.69, 9.17) is 20.8 Å². The molecule has 1 saturated heterocycles. The lowest BCUT2D eigenvalue weighted by Crippen LogP contribution is -2.42. The quantitative estimate of drug-likeness (QED) is 0.460. The van der Waals surface area contributed by atoms with Gasteiger partial charge in [-0.15, -0.1) is 0 Å². The number of aliphatic hydroxyl groups excluding tert-OH is 1. The van der Waals surface area contributed by atoms with Gasteiger partial charge in [-0.2, -0.15) is 0 Å². The highest BCUT2D eigenvalue weighted by molar-refractivity contribution is 7.91. The maximum Gasteiger partial charge on any atom is 0.151 e. The van der Waals surface area contributed by atoms with Crippen LogP contribution < -0.4 is 4.74 Å². The van der Waals surface area contributed by atoms with Crippen LogP contribution in [0.25, 0.3) is 11.3 Å². The van der Waals surface area contributed by atoms with E-state index in [-0.39, 0.29) is 36.5 Å². The molecule has 6 nitrogen and oxygen atoms in total. The molecule has 1 N–H and O–H groups in total. The van der Waals surface area contributed by atoms with Crippen molar-refractivity contribution in [2.75, 3.05) is 24.7 Å². The van der Waals surface area contributed by atoms with E-state index >= 15 is 0 Å². The molecule has 0 amide bonds. The smallest absolute Gasteiger partial charge is 0.151 e. The van der Waals surface area contributed by atoms with Crippen molar-refractivity contribution in [3.05, 3.63) is 76.8 Å². The van der Waals surface area contributed by atoms with Crippen molar-refractivity contribution in [1.82, 2.24) is 4.90 Å². The van der Waals surface area contributed by atoms with Crippen molar-refractivity contribution in [3.63, 3.8) is 0 Å². The van der Waals surface area contributed by atoms with Gasteiger partial charge in [0.05, 0.1) is 18.1 Å². The average molecular weight is 508 g/mol. The average Bonchev–Trinajstić information content (AvgIpc) is 3.40. The Hall–Kier alpha value is -2.39. The Morgan fingerprint density at radius 2 is 1.97 bits per heavy atom. The van der Waals surface area contributed by atoms with Crippen LogP contribution in [0.4, 0.5) is 4.39 Å². The van der Waals surface area contributed by atoms with Gasteiger partial charge in [-0.3, -0.25) is 4.90 Å². The Morgan fingerprint density at radius 3 is 2.65 bits per heavy atom. The summed E-state index contributed by atoms with van der Waals surface area (Å²) in [7, 11) is -3.11. The summed E-state index contributed by atoms with van der Waals surface area (Å²) in [6.45, 7) is 2.48. The Labute approximate surface area is 203 Å². The number of hydrogen-bond donors (Lipinski definition) is 1. The van der Waals surface area contributed by atoms with Gasteiger partial charge >= 0.3 is 0 Å². The summed E-state index contributed by atoms with van der Waals surface area (Å²) in [5, 5.41) is 11.3. The van der Waals surface area contributed by atoms with Crippen molar-refractivity contribution >= 4 is 21.4 Å². The Morgan fingerprint density at radius 1 is 1.21 bits per heavy atom. The van der Waals surface area contributed by atoms with Gasteiger partial charge in [0, 0.05) is 23.2 Å². The highest BCUT2D eigenvalue weighted by Crippen LogP contribution is 2.26. The Bertz CT molecular complexity index is 1230. The molecule has 3 aromatic rings. The third-order valence-electron chi connectivity index (χ3n) is 5.89. The molecule has 0 radical (unpaired) electrons. The minimum Gasteiger partial charge on any atom is -0.491 e. The summed E-state index contributed by atoms with van der Waals surface area (Å²) < 4.78 is 49.1. The van der Waals surface area contributed by atoms with Gasteiger partial charge in [0.1, 0.15) is 35.8 Å². The second kappa shape index (κ2) is 10.5. The van der Waals surface area contributed by atoms with E-state index < -0.39 is 15.9 Å². The zero-order valence-corrected chi connectivity index (χ0v) is 20.4. The van der Waals surface area contributed by atoms with Crippen molar-refractivity contribution in [3.8, 4) is 17.1 Å². The predicted octanol–water partition coefficient (Wildman–Crippen LogP) is 4.48. The largest absolute Gasteiger partial charge is 0.491 e. The first-order valence-corrected chi connectivity index (χ1v) is 13.2. The molecule has 34 heavy (non-hydrogen) atoms. The number of aliphatic hydroxyl groups is 1. The number of furan rings is 1. The van der Waals surface area contributed by atoms with Gasteiger partial charge in [-0.25, -0.2) is 12.8 Å². The first-order valence-electron chi connectivity index (χ1n) is 11.0. The monoisotopic (exact) mass is 507 g/mol. The van der Waals surface area contributed by atoms with Crippen LogP contribution in [-0.4, -0.2) is 55.2 Å². The van der Waals surface area contributed by atoms with E-state index in [1.165, 1.54) is 12.1 Å². The van der Waals surface area contributed by atoms with Crippen LogP contribution in [0.5, 0.6) is 5.75 Å². The van der Waals surface area contributed by atoms with Gasteiger partial charge in [-0.05, 0) is 73.5 Å². The van der Waals surface area contributed by atoms with Crippen molar-refractivity contribution in [1.29, 1.82) is 0 Å². The maximum atomic E-state index is 13.2. The zero-order valence-electron chi connectivity index (χ0n) is 18.8. The van der Waals surface area contributed by atoms with Crippen LogP contribution in [0.1, 0.15) is 17.7 Å². The summed E-state index contributed by atoms with van der Waals surface area (Å²) in [5.74, 6) is 1.67. The fourth-order valence-corrected chi connectivity index (χ4v) is 5.94. The van der Waals surface area contributed by atoms with Crippen LogP contribution in [-0.2, 0) is 16.4 Å². The molecular formula is C25H27ClFNO5S. The topological polar surface area (TPSA) is 80.0 Å². The van der Waals surface area contributed by atoms with Gasteiger partial charge in [-0.1, -0.05) is 11.6 Å². The van der Waals surface area contributed by atoms with E-state index in [2.05, 4.69) is 0 Å². The summed E-state index contributed by atoms with van der Waals surface area (Å²) >= 11 is 6.05. The van der Waals surface area contributed by atoms with Crippen LogP contribution in [0.3, 0.4) is 0 Å². The number of halogens is 2. The van der Waals surface area contributed by atoms with E-state index in [0.29, 0.717) is 35.3 Å². The molecule has 4 rings (SSSR count). The van der Waals surface area contributed by atoms with Crippen LogP contribution in [0.2, 0.25) is 5.02 Å². The number of sulfone groups is 1. The predicted molar refractivity (Wildman–Crippen MR) is 129 cm³/mol. The third kappa shape index (κ3) is 6.39. The molecule has 2 unspecified atom stereocenters. The lowest BCUT2D eigenvalue weighted by molar-refractivity contribution is 0.0498. The van der Waals surface area contributed by atoms with Crippen molar-refractivity contribution in [2.45, 2.75) is 32.0 Å². The van der Waals surface area contributed by atoms with Gasteiger partial charge in [0.15, 0.2) is 9.84 Å². The highest BCUT2D eigenvalue weighted by atomic mass is 35.5. The number of rotatable bonds is 9. The number of benzene rings is 2. The summed E-state index contributed by atoms with van der Waals surface area (Å²) in [5.41, 5.74) is 1.62. The molecule has 1 aliphatic rings. The number of ether oxygens (including phenoxy) is 1. The third-order valence-corrected chi connectivity index (χ3v) is 8.07. The van der Waals surface area contributed by atoms with E-state index in [9.17, 15) is 17.9 Å². The minimum atomic E-state index is -3.11. The normalized spacial score (nSPS) is 18.3. The van der Waals surface area contributed by atoms with Crippen LogP contribution in [0, 0.1) is 12.7 Å². The molecule has 1 aliphatic heterocycles. The van der Waals surface area contributed by atoms with Crippen molar-refractivity contribution in [2.24, 2.45) is 0 Å². The number of hydrogen-bond acceptors (Lipinski definition) is 6. The van der Waals surface area contributed by atoms with Crippen LogP contribution >= 0.6 is 11.6 Å². The molecular weight excluding hydrogens is 481 g/mol. The molecule has 0 aliphatic carbocycles. The molecule has 9 heteroatoms. The summed E-state index contributed by atoms with van der Waals surface area (Å²) in [6.07, 6.45) is -0.344. The second-order valence-corrected chi connectivity index (χ2v) is 11.3. The molecule has 2 aromatic carbocycles. The Balaban J connectivity index is 1.44. The highest BCUT2D eigenvalue weighted by Gasteiger charge is 2.33. The minimum absolute atomic E-state index is 0.0441. The van der Waals surface area contributed by atoms with Gasteiger partial charge in [0.2, 0.25) is 0 Å². The molecule has 0 bridgehead atoms. The molecule has 2 atom stereocenters. The van der Waals surface area contributed by atoms with Crippen LogP contribution in [0.15, 0.2) is 59.0 Å². The molecule has 0 spiro atoms. The first kappa shape index (κ1) is 24.7. The molecule has 0 saturated carbocycles. The SMILES string of the molecule is Cc1cc(OCC(O)CN(Cc2ccc(-c3ccc(F)cc3)o2)C2CCS(=O)(=O)C2)ccc1Cl. The number of nitrogens with zero attached hydrogens (tertiary/aromatic N) is 1. The maximum absolute atomic E-state index is 13.2. The summed E-state index contributed by atoms with van der Waals surface area (Å²) in [4.78, 5) is 1.93. The van der Waals surface area contributed by atoms with Gasteiger partial charge < -0.3 is 14.3 Å². The first-order chi connectivity index (χ1) is 16.2. The fourth-order valence-electron chi connectivity index (χ4n) is 4.06. The van der Waals surface area contributed by atoms with Crippen molar-refractivity contribution < 1.29 is 27.1 Å². The fraction of sp³-hybridized carbons (Fsp3) is 0.360. The summed E-state index contributed by atoms with van der Waals surface area (Å²) in [6, 6.07) is 14.7. The lowest BCUT2D eigenvalue weighted by atomic mass is 10.2. The second-order valence-electron chi connectivity index (χ2n) is 8.63. The van der Waals surface area contributed by atoms with E-state index in [0.717, 1.165) is 11.1 Å². The van der Waals surface area contributed by atoms with Gasteiger partial charge in [0.25, 0.3) is 0 Å². The zero-order chi connectivity index (χ0) is 24.3. The van der Waals surface area contributed by atoms with E-state index in [1.807, 2.05) is 17.9 Å². The van der Waals surface area contributed by atoms with E-state index in [1.54, 1.807) is 36.4 Å². The molecule has 1 fully saturated rings. The number of aryl methyl sites for hydroxylation is 1.